The number of carbonyl (C=O) groups is 1. The lowest BCUT2D eigenvalue weighted by Gasteiger charge is -2.12. The average Bonchev–Trinajstić information content (AvgIpc) is 3.21. The number of fused-ring (bicyclic) bond motifs is 3. The molecule has 0 saturated carbocycles. The van der Waals surface area contributed by atoms with Crippen molar-refractivity contribution in [3.63, 3.8) is 0 Å². The Morgan fingerprint density at radius 2 is 1.91 bits per heavy atom. The summed E-state index contributed by atoms with van der Waals surface area (Å²) in [6.07, 6.45) is 1.99. The Labute approximate surface area is 184 Å². The Kier molecular flexibility index (Phi) is 6.32. The van der Waals surface area contributed by atoms with Crippen LogP contribution in [0.25, 0.3) is 21.8 Å². The highest BCUT2D eigenvalue weighted by Gasteiger charge is 2.22. The van der Waals surface area contributed by atoms with E-state index in [4.69, 9.17) is 14.7 Å². The molecule has 0 aliphatic carbocycles. The zero-order valence-electron chi connectivity index (χ0n) is 17.9. The van der Waals surface area contributed by atoms with Gasteiger partial charge >= 0.3 is 0 Å². The minimum atomic E-state index is -0.467. The van der Waals surface area contributed by atoms with Crippen LogP contribution in [-0.4, -0.2) is 34.0 Å². The van der Waals surface area contributed by atoms with E-state index in [9.17, 15) is 4.79 Å². The number of nitrogens with one attached hydrogen (secondary N) is 2. The third-order valence-electron chi connectivity index (χ3n) is 5.18. The van der Waals surface area contributed by atoms with Crippen LogP contribution < -0.4 is 10.1 Å². The van der Waals surface area contributed by atoms with Crippen molar-refractivity contribution < 1.29 is 19.5 Å². The van der Waals surface area contributed by atoms with Gasteiger partial charge in [-0.1, -0.05) is 48.5 Å². The molecule has 164 valence electrons. The van der Waals surface area contributed by atoms with Crippen molar-refractivity contribution >= 4 is 33.5 Å². The fourth-order valence-electron chi connectivity index (χ4n) is 3.68. The predicted octanol–water partition coefficient (Wildman–Crippen LogP) is 4.37. The summed E-state index contributed by atoms with van der Waals surface area (Å²) >= 11 is 0. The molecule has 32 heavy (non-hydrogen) atoms. The first kappa shape index (κ1) is 21.3. The number of oxime groups is 1. The minimum absolute atomic E-state index is 0.158. The van der Waals surface area contributed by atoms with Gasteiger partial charge in [0.25, 0.3) is 5.91 Å². The highest BCUT2D eigenvalue weighted by molar-refractivity contribution is 6.15. The van der Waals surface area contributed by atoms with E-state index in [1.54, 1.807) is 20.2 Å². The zero-order valence-corrected chi connectivity index (χ0v) is 17.9. The number of carbonyl (C=O) groups excluding carboxylic acids is 1. The highest BCUT2D eigenvalue weighted by Crippen LogP contribution is 2.36. The maximum absolute atomic E-state index is 12.9. The number of ether oxygens (including phenoxy) is 2. The van der Waals surface area contributed by atoms with Gasteiger partial charge in [-0.2, -0.15) is 0 Å². The van der Waals surface area contributed by atoms with Crippen LogP contribution in [0.3, 0.4) is 0 Å². The summed E-state index contributed by atoms with van der Waals surface area (Å²) in [4.78, 5) is 20.6. The molecule has 1 amide bonds. The predicted molar refractivity (Wildman–Crippen MR) is 122 cm³/mol. The Balaban J connectivity index is 1.83. The number of amides is 1. The molecule has 8 nitrogen and oxygen atoms in total. The summed E-state index contributed by atoms with van der Waals surface area (Å²) in [5, 5.41) is 16.5. The summed E-state index contributed by atoms with van der Waals surface area (Å²) in [6, 6.07) is 15.7. The van der Waals surface area contributed by atoms with Crippen molar-refractivity contribution in [3.05, 3.63) is 71.5 Å². The topological polar surface area (TPSA) is 109 Å². The van der Waals surface area contributed by atoms with E-state index in [1.165, 1.54) is 0 Å². The van der Waals surface area contributed by atoms with Crippen molar-refractivity contribution in [2.24, 2.45) is 5.16 Å². The molecule has 4 rings (SSSR count). The molecule has 0 fully saturated rings. The minimum Gasteiger partial charge on any atom is -0.488 e. The summed E-state index contributed by atoms with van der Waals surface area (Å²) in [5.41, 5.74) is 3.52. The number of pyridine rings is 1. The van der Waals surface area contributed by atoms with E-state index < -0.39 is 5.91 Å². The number of rotatable bonds is 7. The average molecular weight is 432 g/mol. The van der Waals surface area contributed by atoms with Gasteiger partial charge in [0.2, 0.25) is 0 Å². The normalized spacial score (nSPS) is 11.8. The van der Waals surface area contributed by atoms with E-state index >= 15 is 0 Å². The Morgan fingerprint density at radius 3 is 2.62 bits per heavy atom. The molecule has 2 aromatic heterocycles. The molecule has 0 unspecified atom stereocenters. The lowest BCUT2D eigenvalue weighted by molar-refractivity contribution is 0.0965. The van der Waals surface area contributed by atoms with Crippen LogP contribution in [0.1, 0.15) is 35.0 Å². The molecular weight excluding hydrogens is 408 g/mol. The van der Waals surface area contributed by atoms with Crippen LogP contribution in [0.15, 0.2) is 59.9 Å². The largest absolute Gasteiger partial charge is 0.488 e. The zero-order chi connectivity index (χ0) is 22.5. The van der Waals surface area contributed by atoms with Crippen LogP contribution in [0, 0.1) is 0 Å². The maximum atomic E-state index is 12.9. The van der Waals surface area contributed by atoms with Gasteiger partial charge in [0.15, 0.2) is 0 Å². The molecule has 8 heteroatoms. The molecule has 0 saturated heterocycles. The van der Waals surface area contributed by atoms with Crippen molar-refractivity contribution in [3.8, 4) is 5.75 Å². The van der Waals surface area contributed by atoms with Gasteiger partial charge in [-0.3, -0.25) is 4.79 Å². The quantitative estimate of drug-likeness (QED) is 0.174. The van der Waals surface area contributed by atoms with Crippen molar-refractivity contribution in [2.75, 3.05) is 7.11 Å². The fraction of sp³-hybridized carbons (Fsp3) is 0.208. The van der Waals surface area contributed by atoms with E-state index in [0.29, 0.717) is 24.3 Å². The number of aromatic nitrogens is 2. The molecule has 0 aliphatic heterocycles. The second-order valence-corrected chi connectivity index (χ2v) is 7.24. The van der Waals surface area contributed by atoms with Crippen LogP contribution in [0.4, 0.5) is 0 Å². The molecule has 0 aliphatic rings. The third-order valence-corrected chi connectivity index (χ3v) is 5.18. The number of amidine groups is 1. The maximum Gasteiger partial charge on any atom is 0.275 e. The number of hydrogen-bond acceptors (Lipinski definition) is 6. The molecular formula is C24H24N4O4. The number of hydrogen-bond donors (Lipinski definition) is 3. The van der Waals surface area contributed by atoms with Gasteiger partial charge in [-0.25, -0.2) is 4.98 Å². The van der Waals surface area contributed by atoms with E-state index in [2.05, 4.69) is 20.4 Å². The molecule has 2 aromatic carbocycles. The summed E-state index contributed by atoms with van der Waals surface area (Å²) < 4.78 is 11.6. The summed E-state index contributed by atoms with van der Waals surface area (Å²) in [7, 11) is 1.56. The number of nitrogens with zero attached hydrogens (tertiary/aromatic N) is 2. The summed E-state index contributed by atoms with van der Waals surface area (Å²) in [5.74, 6) is 0.385. The number of H-pyrrole nitrogens is 1. The van der Waals surface area contributed by atoms with Gasteiger partial charge < -0.3 is 25.0 Å². The second-order valence-electron chi connectivity index (χ2n) is 7.24. The van der Waals surface area contributed by atoms with Gasteiger partial charge in [0, 0.05) is 29.9 Å². The first-order valence-corrected chi connectivity index (χ1v) is 10.3. The summed E-state index contributed by atoms with van der Waals surface area (Å²) in [6.45, 7) is 2.36. The number of aromatic amines is 1. The lowest BCUT2D eigenvalue weighted by Crippen LogP contribution is -2.31. The van der Waals surface area contributed by atoms with Gasteiger partial charge in [-0.15, -0.1) is 0 Å². The molecule has 0 bridgehead atoms. The van der Waals surface area contributed by atoms with Crippen LogP contribution in [0.5, 0.6) is 5.75 Å². The van der Waals surface area contributed by atoms with Crippen LogP contribution >= 0.6 is 0 Å². The smallest absolute Gasteiger partial charge is 0.275 e. The Hall–Kier alpha value is -3.91. The van der Waals surface area contributed by atoms with Crippen molar-refractivity contribution in [2.45, 2.75) is 26.6 Å². The Bertz CT molecular complexity index is 1280. The highest BCUT2D eigenvalue weighted by atomic mass is 16.5. The van der Waals surface area contributed by atoms with Gasteiger partial charge in [-0.05, 0) is 17.7 Å². The molecule has 0 spiro atoms. The van der Waals surface area contributed by atoms with Gasteiger partial charge in [0.05, 0.1) is 23.8 Å². The number of methoxy groups -OCH3 is 1. The Morgan fingerprint density at radius 1 is 1.09 bits per heavy atom. The van der Waals surface area contributed by atoms with E-state index in [1.807, 2.05) is 48.5 Å². The first-order valence-electron chi connectivity index (χ1n) is 10.3. The molecule has 0 atom stereocenters. The van der Waals surface area contributed by atoms with E-state index in [-0.39, 0.29) is 18.1 Å². The van der Waals surface area contributed by atoms with Crippen LogP contribution in [-0.2, 0) is 18.0 Å². The van der Waals surface area contributed by atoms with Crippen LogP contribution in [0.2, 0.25) is 0 Å². The first-order chi connectivity index (χ1) is 15.7. The standard InChI is InChI=1S/C24H24N4O4/c1-3-20(28-30)27-24(29)23-16(14-31-2)21-18(12-25-23)26-17-10-7-11-19(22(17)21)32-13-15-8-5-4-6-9-15/h4-12,26,30H,3,13-14H2,1-2H3,(H,27,28,29). The van der Waals surface area contributed by atoms with Crippen molar-refractivity contribution in [1.82, 2.24) is 15.3 Å². The number of benzene rings is 2. The third kappa shape index (κ3) is 4.13. The van der Waals surface area contributed by atoms with Gasteiger partial charge in [0.1, 0.15) is 23.9 Å². The van der Waals surface area contributed by atoms with Crippen molar-refractivity contribution in [1.29, 1.82) is 0 Å². The monoisotopic (exact) mass is 432 g/mol. The molecule has 3 N–H and O–H groups in total. The lowest BCUT2D eigenvalue weighted by atomic mass is 10.0. The SMILES string of the molecule is CC/C(=N\O)NC(=O)c1ncc2[nH]c3cccc(OCc4ccccc4)c3c2c1COC. The molecule has 4 aromatic rings. The van der Waals surface area contributed by atoms with E-state index in [0.717, 1.165) is 27.4 Å². The fourth-order valence-corrected chi connectivity index (χ4v) is 3.68. The molecule has 0 radical (unpaired) electrons. The second kappa shape index (κ2) is 9.49. The molecule has 2 heterocycles.